The third-order valence-corrected chi connectivity index (χ3v) is 5.07. The molecule has 1 aromatic rings. The predicted octanol–water partition coefficient (Wildman–Crippen LogP) is 1.45. The van der Waals surface area contributed by atoms with E-state index in [0.717, 1.165) is 30.1 Å². The number of aryl methyl sites for hydroxylation is 1. The van der Waals surface area contributed by atoms with Gasteiger partial charge in [-0.25, -0.2) is 0 Å². The van der Waals surface area contributed by atoms with Gasteiger partial charge in [0.05, 0.1) is 0 Å². The highest BCUT2D eigenvalue weighted by molar-refractivity contribution is 7.09. The molecule has 1 saturated heterocycles. The molecule has 1 aromatic heterocycles. The molecule has 1 aliphatic heterocycles. The number of halogens is 1. The topological polar surface area (TPSA) is 63.1 Å². The van der Waals surface area contributed by atoms with Crippen molar-refractivity contribution >= 4 is 29.7 Å². The van der Waals surface area contributed by atoms with Gasteiger partial charge in [-0.2, -0.15) is 0 Å². The molecule has 5 nitrogen and oxygen atoms in total. The van der Waals surface area contributed by atoms with Crippen LogP contribution >= 0.6 is 23.7 Å². The first kappa shape index (κ1) is 18.2. The van der Waals surface area contributed by atoms with E-state index in [1.165, 1.54) is 11.3 Å². The Kier molecular flexibility index (Phi) is 6.90. The van der Waals surface area contributed by atoms with Crippen molar-refractivity contribution in [3.8, 4) is 0 Å². The van der Waals surface area contributed by atoms with E-state index in [4.69, 9.17) is 0 Å². The van der Waals surface area contributed by atoms with Crippen molar-refractivity contribution in [2.45, 2.75) is 46.2 Å². The third-order valence-electron chi connectivity index (χ3n) is 4.07. The fraction of sp³-hybridized carbons (Fsp3) is 0.714. The quantitative estimate of drug-likeness (QED) is 0.876. The van der Waals surface area contributed by atoms with Crippen LogP contribution in [0.2, 0.25) is 0 Å². The average Bonchev–Trinajstić information content (AvgIpc) is 2.64. The molecule has 2 unspecified atom stereocenters. The molecule has 1 amide bonds. The van der Waals surface area contributed by atoms with E-state index < -0.39 is 0 Å². The zero-order valence-electron chi connectivity index (χ0n) is 12.8. The first-order valence-corrected chi connectivity index (χ1v) is 7.97. The highest BCUT2D eigenvalue weighted by Gasteiger charge is 2.22. The zero-order valence-corrected chi connectivity index (χ0v) is 14.4. The molecule has 0 radical (unpaired) electrons. The van der Waals surface area contributed by atoms with Crippen molar-refractivity contribution < 1.29 is 4.79 Å². The molecule has 2 atom stereocenters. The van der Waals surface area contributed by atoms with Gasteiger partial charge in [0, 0.05) is 29.6 Å². The summed E-state index contributed by atoms with van der Waals surface area (Å²) in [5.74, 6) is 0.499. The van der Waals surface area contributed by atoms with Gasteiger partial charge in [-0.15, -0.1) is 12.4 Å². The van der Waals surface area contributed by atoms with E-state index >= 15 is 0 Å². The molecular weight excluding hydrogens is 310 g/mol. The van der Waals surface area contributed by atoms with Gasteiger partial charge in [-0.05, 0) is 39.3 Å². The van der Waals surface area contributed by atoms with Gasteiger partial charge in [0.2, 0.25) is 5.91 Å². The number of nitrogens with zero attached hydrogens (tertiary/aromatic N) is 1. The molecule has 1 aliphatic rings. The summed E-state index contributed by atoms with van der Waals surface area (Å²) in [5.41, 5.74) is 0.975. The fourth-order valence-electron chi connectivity index (χ4n) is 2.57. The fourth-order valence-corrected chi connectivity index (χ4v) is 3.42. The molecule has 0 spiro atoms. The van der Waals surface area contributed by atoms with Gasteiger partial charge in [-0.3, -0.25) is 9.59 Å². The van der Waals surface area contributed by atoms with E-state index in [-0.39, 0.29) is 29.2 Å². The van der Waals surface area contributed by atoms with Crippen LogP contribution in [0.15, 0.2) is 4.79 Å². The van der Waals surface area contributed by atoms with Crippen LogP contribution in [-0.4, -0.2) is 29.6 Å². The predicted molar refractivity (Wildman–Crippen MR) is 88.5 cm³/mol. The minimum absolute atomic E-state index is 0. The van der Waals surface area contributed by atoms with E-state index in [0.29, 0.717) is 18.9 Å². The average molecular weight is 334 g/mol. The number of thiazole rings is 1. The van der Waals surface area contributed by atoms with Crippen molar-refractivity contribution in [3.63, 3.8) is 0 Å². The number of hydrogen-bond acceptors (Lipinski definition) is 4. The Bertz CT molecular complexity index is 541. The molecule has 0 bridgehead atoms. The maximum absolute atomic E-state index is 12.0. The third kappa shape index (κ3) is 4.56. The van der Waals surface area contributed by atoms with Crippen LogP contribution in [0.4, 0.5) is 0 Å². The lowest BCUT2D eigenvalue weighted by atomic mass is 9.95. The summed E-state index contributed by atoms with van der Waals surface area (Å²) in [7, 11) is 0. The number of hydrogen-bond donors (Lipinski definition) is 2. The van der Waals surface area contributed by atoms with E-state index in [2.05, 4.69) is 17.6 Å². The Labute approximate surface area is 135 Å². The highest BCUT2D eigenvalue weighted by Crippen LogP contribution is 2.12. The normalized spacial score (nSPS) is 21.7. The Morgan fingerprint density at radius 1 is 1.48 bits per heavy atom. The van der Waals surface area contributed by atoms with E-state index in [9.17, 15) is 9.59 Å². The maximum Gasteiger partial charge on any atom is 0.307 e. The molecule has 0 aliphatic carbocycles. The van der Waals surface area contributed by atoms with Gasteiger partial charge < -0.3 is 15.2 Å². The van der Waals surface area contributed by atoms with Crippen LogP contribution in [0.1, 0.15) is 30.3 Å². The molecule has 2 heterocycles. The van der Waals surface area contributed by atoms with Crippen LogP contribution < -0.4 is 15.5 Å². The number of carbonyl (C=O) groups excluding carboxylic acids is 1. The lowest BCUT2D eigenvalue weighted by Gasteiger charge is -2.30. The minimum Gasteiger partial charge on any atom is -0.353 e. The second-order valence-electron chi connectivity index (χ2n) is 5.56. The van der Waals surface area contributed by atoms with Crippen molar-refractivity contribution in [2.75, 3.05) is 13.1 Å². The Morgan fingerprint density at radius 3 is 2.76 bits per heavy atom. The first-order chi connectivity index (χ1) is 9.49. The molecular formula is C14H24ClN3O2S. The van der Waals surface area contributed by atoms with Gasteiger partial charge in [-0.1, -0.05) is 18.3 Å². The van der Waals surface area contributed by atoms with Gasteiger partial charge in [0.25, 0.3) is 0 Å². The van der Waals surface area contributed by atoms with Crippen LogP contribution in [0.3, 0.4) is 0 Å². The molecule has 2 rings (SSSR count). The summed E-state index contributed by atoms with van der Waals surface area (Å²) in [6.07, 6.45) is 1.34. The van der Waals surface area contributed by atoms with Crippen molar-refractivity contribution in [2.24, 2.45) is 5.92 Å². The molecule has 120 valence electrons. The second-order valence-corrected chi connectivity index (χ2v) is 6.72. The smallest absolute Gasteiger partial charge is 0.307 e. The molecule has 0 aromatic carbocycles. The largest absolute Gasteiger partial charge is 0.353 e. The second kappa shape index (κ2) is 7.96. The molecule has 1 fully saturated rings. The minimum atomic E-state index is 0. The standard InChI is InChI=1S/C14H23N3O2S.ClH/c1-9-8-15-6-4-12(9)16-13(18)5-7-17-10(2)11(3)20-14(17)19;/h9,12,15H,4-8H2,1-3H3,(H,16,18);1H. The van der Waals surface area contributed by atoms with Crippen LogP contribution in [0.5, 0.6) is 0 Å². The van der Waals surface area contributed by atoms with Crippen LogP contribution in [-0.2, 0) is 11.3 Å². The summed E-state index contributed by atoms with van der Waals surface area (Å²) in [6.45, 7) is 8.40. The number of aromatic nitrogens is 1. The summed E-state index contributed by atoms with van der Waals surface area (Å²) in [5, 5.41) is 6.41. The molecule has 0 saturated carbocycles. The van der Waals surface area contributed by atoms with Gasteiger partial charge in [0.15, 0.2) is 0 Å². The van der Waals surface area contributed by atoms with Crippen molar-refractivity contribution in [1.29, 1.82) is 0 Å². The summed E-state index contributed by atoms with van der Waals surface area (Å²) in [6, 6.07) is 0.255. The number of piperidine rings is 1. The highest BCUT2D eigenvalue weighted by atomic mass is 35.5. The monoisotopic (exact) mass is 333 g/mol. The van der Waals surface area contributed by atoms with Crippen LogP contribution in [0.25, 0.3) is 0 Å². The van der Waals surface area contributed by atoms with Gasteiger partial charge in [0.1, 0.15) is 0 Å². The Balaban J connectivity index is 0.00000220. The molecule has 7 heteroatoms. The number of rotatable bonds is 4. The number of amides is 1. The number of nitrogens with one attached hydrogen (secondary N) is 2. The number of carbonyl (C=O) groups is 1. The lowest BCUT2D eigenvalue weighted by molar-refractivity contribution is -0.122. The molecule has 2 N–H and O–H groups in total. The lowest BCUT2D eigenvalue weighted by Crippen LogP contribution is -2.48. The summed E-state index contributed by atoms with van der Waals surface area (Å²) < 4.78 is 1.70. The SMILES string of the molecule is Cc1sc(=O)n(CCC(=O)NC2CCNCC2C)c1C.Cl. The zero-order chi connectivity index (χ0) is 14.7. The summed E-state index contributed by atoms with van der Waals surface area (Å²) in [4.78, 5) is 24.8. The summed E-state index contributed by atoms with van der Waals surface area (Å²) >= 11 is 1.25. The first-order valence-electron chi connectivity index (χ1n) is 7.16. The van der Waals surface area contributed by atoms with Crippen molar-refractivity contribution in [3.05, 3.63) is 20.2 Å². The van der Waals surface area contributed by atoms with Gasteiger partial charge >= 0.3 is 4.87 Å². The van der Waals surface area contributed by atoms with Crippen LogP contribution in [0, 0.1) is 19.8 Å². The van der Waals surface area contributed by atoms with E-state index in [1.807, 2.05) is 13.8 Å². The maximum atomic E-state index is 12.0. The van der Waals surface area contributed by atoms with E-state index in [1.54, 1.807) is 4.57 Å². The Hall–Kier alpha value is -0.850. The van der Waals surface area contributed by atoms with Crippen molar-refractivity contribution in [1.82, 2.24) is 15.2 Å². The Morgan fingerprint density at radius 2 is 2.19 bits per heavy atom. The molecule has 21 heavy (non-hydrogen) atoms.